The quantitative estimate of drug-likeness (QED) is 0.602. The Morgan fingerprint density at radius 2 is 1.52 bits per heavy atom. The second kappa shape index (κ2) is 5.58. The smallest absolute Gasteiger partial charge is 0.333 e. The van der Waals surface area contributed by atoms with E-state index in [4.69, 9.17) is 9.47 Å². The summed E-state index contributed by atoms with van der Waals surface area (Å²) >= 11 is 0. The number of carbonyl (C=O) groups is 1. The largest absolute Gasteiger partial charge is 0.457 e. The summed E-state index contributed by atoms with van der Waals surface area (Å²) in [5, 5.41) is 0. The van der Waals surface area contributed by atoms with Crippen molar-refractivity contribution >= 4 is 5.97 Å². The maximum Gasteiger partial charge on any atom is 0.333 e. The van der Waals surface area contributed by atoms with Crippen LogP contribution in [0.1, 0.15) is 37.8 Å². The highest BCUT2D eigenvalue weighted by Crippen LogP contribution is 2.49. The van der Waals surface area contributed by atoms with Crippen LogP contribution in [0.2, 0.25) is 0 Å². The monoisotopic (exact) mass is 308 g/mol. The first-order valence-corrected chi connectivity index (χ1v) is 7.64. The van der Waals surface area contributed by atoms with E-state index in [1.807, 2.05) is 62.4 Å². The molecule has 23 heavy (non-hydrogen) atoms. The minimum absolute atomic E-state index is 0.105. The topological polar surface area (TPSA) is 35.5 Å². The number of hydrogen-bond acceptors (Lipinski definition) is 3. The van der Waals surface area contributed by atoms with Gasteiger partial charge in [-0.15, -0.1) is 0 Å². The van der Waals surface area contributed by atoms with Gasteiger partial charge in [-0.2, -0.15) is 0 Å². The van der Waals surface area contributed by atoms with E-state index >= 15 is 0 Å². The molecule has 0 bridgehead atoms. The van der Waals surface area contributed by atoms with Gasteiger partial charge >= 0.3 is 5.97 Å². The van der Waals surface area contributed by atoms with Gasteiger partial charge in [-0.1, -0.05) is 43.0 Å². The molecule has 3 rings (SSSR count). The third-order valence-electron chi connectivity index (χ3n) is 4.08. The maximum absolute atomic E-state index is 12.1. The Morgan fingerprint density at radius 3 is 2.00 bits per heavy atom. The number of esters is 1. The molecule has 2 aromatic rings. The summed E-state index contributed by atoms with van der Waals surface area (Å²) in [6, 6.07) is 15.7. The van der Waals surface area contributed by atoms with Gasteiger partial charge in [-0.25, -0.2) is 4.79 Å². The Balaban J connectivity index is 2.11. The van der Waals surface area contributed by atoms with Crippen LogP contribution in [-0.2, 0) is 9.53 Å². The third-order valence-corrected chi connectivity index (χ3v) is 4.08. The lowest BCUT2D eigenvalue weighted by Gasteiger charge is -2.38. The lowest BCUT2D eigenvalue weighted by Crippen LogP contribution is -2.37. The zero-order valence-electron chi connectivity index (χ0n) is 13.6. The maximum atomic E-state index is 12.1. The molecule has 0 aliphatic carbocycles. The molecule has 0 atom stereocenters. The van der Waals surface area contributed by atoms with E-state index in [-0.39, 0.29) is 11.9 Å². The first-order chi connectivity index (χ1) is 10.9. The van der Waals surface area contributed by atoms with E-state index in [0.717, 1.165) is 22.6 Å². The number of fused-ring (bicyclic) bond motifs is 2. The van der Waals surface area contributed by atoms with Gasteiger partial charge in [0.2, 0.25) is 0 Å². The minimum Gasteiger partial charge on any atom is -0.457 e. The van der Waals surface area contributed by atoms with Crippen LogP contribution >= 0.6 is 0 Å². The van der Waals surface area contributed by atoms with E-state index in [2.05, 4.69) is 6.58 Å². The Hall–Kier alpha value is -2.55. The van der Waals surface area contributed by atoms with Crippen LogP contribution in [0.5, 0.6) is 11.5 Å². The van der Waals surface area contributed by atoms with Crippen molar-refractivity contribution in [3.63, 3.8) is 0 Å². The first-order valence-electron chi connectivity index (χ1n) is 7.64. The van der Waals surface area contributed by atoms with Crippen molar-refractivity contribution in [2.24, 2.45) is 0 Å². The number of hydrogen-bond donors (Lipinski definition) is 0. The normalized spacial score (nSPS) is 13.5. The zero-order valence-corrected chi connectivity index (χ0v) is 13.6. The minimum atomic E-state index is -0.730. The molecule has 0 N–H and O–H groups in total. The van der Waals surface area contributed by atoms with Gasteiger partial charge in [0, 0.05) is 16.7 Å². The van der Waals surface area contributed by atoms with Crippen molar-refractivity contribution in [3.05, 3.63) is 71.8 Å². The molecule has 2 aromatic carbocycles. The van der Waals surface area contributed by atoms with Gasteiger partial charge in [-0.3, -0.25) is 0 Å². The highest BCUT2D eigenvalue weighted by atomic mass is 16.6. The molecule has 0 fully saturated rings. The highest BCUT2D eigenvalue weighted by Gasteiger charge is 2.41. The predicted molar refractivity (Wildman–Crippen MR) is 89.8 cm³/mol. The van der Waals surface area contributed by atoms with Gasteiger partial charge in [0.25, 0.3) is 0 Å². The molecule has 0 radical (unpaired) electrons. The number of rotatable bonds is 3. The van der Waals surface area contributed by atoms with Crippen LogP contribution in [0.25, 0.3) is 0 Å². The third kappa shape index (κ3) is 2.74. The Morgan fingerprint density at radius 1 is 1.04 bits per heavy atom. The zero-order chi connectivity index (χ0) is 16.6. The van der Waals surface area contributed by atoms with Crippen LogP contribution < -0.4 is 4.74 Å². The Bertz CT molecular complexity index is 728. The number of para-hydroxylation sites is 2. The van der Waals surface area contributed by atoms with Gasteiger partial charge in [0.1, 0.15) is 17.1 Å². The Labute approximate surface area is 136 Å². The highest BCUT2D eigenvalue weighted by molar-refractivity contribution is 5.87. The molecule has 1 aliphatic heterocycles. The lowest BCUT2D eigenvalue weighted by molar-refractivity contribution is -0.152. The van der Waals surface area contributed by atoms with Crippen molar-refractivity contribution in [3.8, 4) is 11.5 Å². The molecule has 0 amide bonds. The molecule has 0 saturated heterocycles. The molecule has 3 heteroatoms. The molecule has 1 heterocycles. The fraction of sp³-hybridized carbons (Fsp3) is 0.250. The fourth-order valence-corrected chi connectivity index (χ4v) is 3.04. The van der Waals surface area contributed by atoms with E-state index in [0.29, 0.717) is 5.57 Å². The standard InChI is InChI=1S/C20H20O3/c1-13(2)19(21)23-20(3,4)18-14-9-5-7-11-16(14)22-17-12-8-6-10-15(17)18/h5-12,18H,1H2,2-4H3. The molecule has 0 saturated carbocycles. The summed E-state index contributed by atoms with van der Waals surface area (Å²) in [5.41, 5.74) is 1.70. The Kier molecular flexibility index (Phi) is 3.72. The summed E-state index contributed by atoms with van der Waals surface area (Å²) < 4.78 is 11.8. The number of ether oxygens (including phenoxy) is 2. The molecular weight excluding hydrogens is 288 g/mol. The van der Waals surface area contributed by atoms with E-state index < -0.39 is 5.60 Å². The molecule has 0 spiro atoms. The molecule has 3 nitrogen and oxygen atoms in total. The second-order valence-electron chi connectivity index (χ2n) is 6.38. The summed E-state index contributed by atoms with van der Waals surface area (Å²) in [4.78, 5) is 12.1. The van der Waals surface area contributed by atoms with Gasteiger partial charge in [0.15, 0.2) is 0 Å². The first kappa shape index (κ1) is 15.3. The lowest BCUT2D eigenvalue weighted by atomic mass is 9.77. The van der Waals surface area contributed by atoms with Crippen molar-refractivity contribution in [2.45, 2.75) is 32.3 Å². The molecule has 118 valence electrons. The van der Waals surface area contributed by atoms with Crippen LogP contribution in [0.4, 0.5) is 0 Å². The van der Waals surface area contributed by atoms with Crippen LogP contribution in [-0.4, -0.2) is 11.6 Å². The molecular formula is C20H20O3. The van der Waals surface area contributed by atoms with E-state index in [1.54, 1.807) is 6.92 Å². The summed E-state index contributed by atoms with van der Waals surface area (Å²) in [7, 11) is 0. The number of benzene rings is 2. The second-order valence-corrected chi connectivity index (χ2v) is 6.38. The number of carbonyl (C=O) groups excluding carboxylic acids is 1. The van der Waals surface area contributed by atoms with Crippen molar-refractivity contribution < 1.29 is 14.3 Å². The van der Waals surface area contributed by atoms with Gasteiger partial charge in [-0.05, 0) is 32.9 Å². The SMILES string of the molecule is C=C(C)C(=O)OC(C)(C)C1c2ccccc2Oc2ccccc21. The molecule has 0 unspecified atom stereocenters. The van der Waals surface area contributed by atoms with Gasteiger partial charge in [0.05, 0.1) is 5.92 Å². The van der Waals surface area contributed by atoms with Crippen molar-refractivity contribution in [2.75, 3.05) is 0 Å². The summed E-state index contributed by atoms with van der Waals surface area (Å²) in [5.74, 6) is 1.12. The average Bonchev–Trinajstić information content (AvgIpc) is 2.51. The van der Waals surface area contributed by atoms with Crippen LogP contribution in [0, 0.1) is 0 Å². The van der Waals surface area contributed by atoms with Crippen molar-refractivity contribution in [1.82, 2.24) is 0 Å². The predicted octanol–water partition coefficient (Wildman–Crippen LogP) is 4.82. The summed E-state index contributed by atoms with van der Waals surface area (Å²) in [6.45, 7) is 9.19. The average molecular weight is 308 g/mol. The van der Waals surface area contributed by atoms with Crippen LogP contribution in [0.15, 0.2) is 60.7 Å². The van der Waals surface area contributed by atoms with Crippen molar-refractivity contribution in [1.29, 1.82) is 0 Å². The van der Waals surface area contributed by atoms with Crippen LogP contribution in [0.3, 0.4) is 0 Å². The fourth-order valence-electron chi connectivity index (χ4n) is 3.04. The molecule has 0 aromatic heterocycles. The summed E-state index contributed by atoms with van der Waals surface area (Å²) in [6.07, 6.45) is 0. The van der Waals surface area contributed by atoms with E-state index in [1.165, 1.54) is 0 Å². The van der Waals surface area contributed by atoms with E-state index in [9.17, 15) is 4.79 Å². The van der Waals surface area contributed by atoms with Gasteiger partial charge < -0.3 is 9.47 Å². The molecule has 1 aliphatic rings.